The molecular weight excluding hydrogens is 292 g/mol. The van der Waals surface area contributed by atoms with Crippen molar-refractivity contribution in [2.75, 3.05) is 18.4 Å². The molecule has 0 saturated carbocycles. The molecule has 0 spiro atoms. The van der Waals surface area contributed by atoms with E-state index in [-0.39, 0.29) is 11.8 Å². The lowest BCUT2D eigenvalue weighted by Gasteiger charge is -2.31. The molecule has 2 aromatic heterocycles. The number of amides is 1. The molecule has 2 aromatic rings. The Labute approximate surface area is 135 Å². The minimum Gasteiger partial charge on any atom is -0.361 e. The smallest absolute Gasteiger partial charge is 0.229 e. The summed E-state index contributed by atoms with van der Waals surface area (Å²) in [6.07, 6.45) is 3.61. The number of carbonyl (C=O) groups is 1. The van der Waals surface area contributed by atoms with E-state index in [1.54, 1.807) is 6.20 Å². The fourth-order valence-electron chi connectivity index (χ4n) is 3.03. The number of rotatable bonds is 4. The van der Waals surface area contributed by atoms with Gasteiger partial charge in [-0.3, -0.25) is 9.69 Å². The molecule has 3 rings (SSSR count). The summed E-state index contributed by atoms with van der Waals surface area (Å²) in [6, 6.07) is 5.51. The number of carbonyl (C=O) groups excluding carboxylic acids is 1. The van der Waals surface area contributed by atoms with E-state index >= 15 is 0 Å². The molecule has 23 heavy (non-hydrogen) atoms. The number of aryl methyl sites for hydroxylation is 2. The summed E-state index contributed by atoms with van der Waals surface area (Å²) in [5.41, 5.74) is 2.07. The van der Waals surface area contributed by atoms with Crippen LogP contribution in [-0.4, -0.2) is 34.0 Å². The van der Waals surface area contributed by atoms with Gasteiger partial charge in [-0.05, 0) is 45.4 Å². The molecular formula is C17H22N4O2. The number of nitrogens with zero attached hydrogens (tertiary/aromatic N) is 3. The fraction of sp³-hybridized carbons (Fsp3) is 0.471. The van der Waals surface area contributed by atoms with E-state index in [0.717, 1.165) is 49.5 Å². The van der Waals surface area contributed by atoms with Crippen LogP contribution in [0, 0.1) is 19.8 Å². The van der Waals surface area contributed by atoms with Crippen LogP contribution < -0.4 is 5.32 Å². The predicted octanol–water partition coefficient (Wildman–Crippen LogP) is 2.54. The van der Waals surface area contributed by atoms with E-state index in [4.69, 9.17) is 4.52 Å². The highest BCUT2D eigenvalue weighted by molar-refractivity contribution is 5.91. The molecule has 1 atom stereocenters. The van der Waals surface area contributed by atoms with E-state index in [1.165, 1.54) is 0 Å². The molecule has 1 fully saturated rings. The Bertz CT molecular complexity index is 649. The van der Waals surface area contributed by atoms with Crippen LogP contribution in [0.2, 0.25) is 0 Å². The maximum Gasteiger partial charge on any atom is 0.229 e. The summed E-state index contributed by atoms with van der Waals surface area (Å²) < 4.78 is 5.23. The molecule has 6 heteroatoms. The summed E-state index contributed by atoms with van der Waals surface area (Å²) in [5, 5.41) is 6.91. The maximum absolute atomic E-state index is 12.4. The van der Waals surface area contributed by atoms with Gasteiger partial charge in [-0.15, -0.1) is 0 Å². The Hall–Kier alpha value is -2.21. The highest BCUT2D eigenvalue weighted by Crippen LogP contribution is 2.22. The third-order valence-electron chi connectivity index (χ3n) is 4.36. The molecule has 1 amide bonds. The topological polar surface area (TPSA) is 71.3 Å². The molecule has 1 aliphatic heterocycles. The van der Waals surface area contributed by atoms with Gasteiger partial charge in [0.1, 0.15) is 11.6 Å². The van der Waals surface area contributed by atoms with Crippen LogP contribution in [0.15, 0.2) is 28.9 Å². The first-order valence-corrected chi connectivity index (χ1v) is 7.99. The van der Waals surface area contributed by atoms with Crippen LogP contribution in [0.1, 0.15) is 29.9 Å². The quantitative estimate of drug-likeness (QED) is 0.939. The summed E-state index contributed by atoms with van der Waals surface area (Å²) in [6.45, 7) is 6.43. The lowest BCUT2D eigenvalue weighted by atomic mass is 9.96. The Kier molecular flexibility index (Phi) is 4.71. The third kappa shape index (κ3) is 3.76. The van der Waals surface area contributed by atoms with Crippen LogP contribution in [0.4, 0.5) is 5.82 Å². The molecule has 0 aliphatic carbocycles. The highest BCUT2D eigenvalue weighted by atomic mass is 16.5. The van der Waals surface area contributed by atoms with Crippen molar-refractivity contribution in [2.45, 2.75) is 33.2 Å². The average molecular weight is 314 g/mol. The number of aromatic nitrogens is 2. The van der Waals surface area contributed by atoms with Gasteiger partial charge in [0.15, 0.2) is 0 Å². The largest absolute Gasteiger partial charge is 0.361 e. The predicted molar refractivity (Wildman–Crippen MR) is 86.8 cm³/mol. The van der Waals surface area contributed by atoms with Crippen LogP contribution >= 0.6 is 0 Å². The zero-order valence-electron chi connectivity index (χ0n) is 13.6. The first-order chi connectivity index (χ1) is 11.1. The van der Waals surface area contributed by atoms with E-state index in [9.17, 15) is 4.79 Å². The molecule has 0 aromatic carbocycles. The minimum absolute atomic E-state index is 0.00812. The van der Waals surface area contributed by atoms with Gasteiger partial charge in [-0.25, -0.2) is 4.98 Å². The fourth-order valence-corrected chi connectivity index (χ4v) is 3.03. The summed E-state index contributed by atoms with van der Waals surface area (Å²) in [7, 11) is 0. The lowest BCUT2D eigenvalue weighted by molar-refractivity contribution is -0.121. The standard InChI is InChI=1S/C17H22N4O2/c1-12-15(13(2)23-20-12)11-21-9-5-6-14(10-21)17(22)19-16-7-3-4-8-18-16/h3-4,7-8,14H,5-6,9-11H2,1-2H3,(H,18,19,22)/t14-/m0/s1. The molecule has 3 heterocycles. The third-order valence-corrected chi connectivity index (χ3v) is 4.36. The normalized spacial score (nSPS) is 18.8. The van der Waals surface area contributed by atoms with Crippen LogP contribution in [0.25, 0.3) is 0 Å². The van der Waals surface area contributed by atoms with Crippen molar-refractivity contribution < 1.29 is 9.32 Å². The Morgan fingerprint density at radius 1 is 1.43 bits per heavy atom. The van der Waals surface area contributed by atoms with Gasteiger partial charge in [0, 0.05) is 24.8 Å². The summed E-state index contributed by atoms with van der Waals surface area (Å²) in [5.74, 6) is 1.52. The molecule has 0 unspecified atom stereocenters. The van der Waals surface area contributed by atoms with Gasteiger partial charge in [-0.1, -0.05) is 11.2 Å². The SMILES string of the molecule is Cc1noc(C)c1CN1CCC[C@H](C(=O)Nc2ccccn2)C1. The Morgan fingerprint density at radius 2 is 2.30 bits per heavy atom. The van der Waals surface area contributed by atoms with E-state index in [1.807, 2.05) is 32.0 Å². The van der Waals surface area contributed by atoms with Gasteiger partial charge in [-0.2, -0.15) is 0 Å². The Morgan fingerprint density at radius 3 is 3.00 bits per heavy atom. The number of piperidine rings is 1. The molecule has 0 radical (unpaired) electrons. The number of pyridine rings is 1. The number of hydrogen-bond acceptors (Lipinski definition) is 5. The molecule has 122 valence electrons. The van der Waals surface area contributed by atoms with E-state index in [0.29, 0.717) is 5.82 Å². The van der Waals surface area contributed by atoms with Crippen molar-refractivity contribution in [3.63, 3.8) is 0 Å². The van der Waals surface area contributed by atoms with Gasteiger partial charge >= 0.3 is 0 Å². The summed E-state index contributed by atoms with van der Waals surface area (Å²) >= 11 is 0. The number of anilines is 1. The van der Waals surface area contributed by atoms with Crippen molar-refractivity contribution in [3.05, 3.63) is 41.4 Å². The van der Waals surface area contributed by atoms with Crippen LogP contribution in [0.3, 0.4) is 0 Å². The van der Waals surface area contributed by atoms with Crippen molar-refractivity contribution in [2.24, 2.45) is 5.92 Å². The second-order valence-corrected chi connectivity index (χ2v) is 6.08. The zero-order valence-corrected chi connectivity index (χ0v) is 13.6. The number of hydrogen-bond donors (Lipinski definition) is 1. The van der Waals surface area contributed by atoms with Crippen molar-refractivity contribution in [3.8, 4) is 0 Å². The van der Waals surface area contributed by atoms with Crippen molar-refractivity contribution in [1.82, 2.24) is 15.0 Å². The van der Waals surface area contributed by atoms with Crippen molar-refractivity contribution in [1.29, 1.82) is 0 Å². The lowest BCUT2D eigenvalue weighted by Crippen LogP contribution is -2.40. The first kappa shape index (κ1) is 15.7. The monoisotopic (exact) mass is 314 g/mol. The van der Waals surface area contributed by atoms with E-state index < -0.39 is 0 Å². The second-order valence-electron chi connectivity index (χ2n) is 6.08. The highest BCUT2D eigenvalue weighted by Gasteiger charge is 2.27. The number of nitrogens with one attached hydrogen (secondary N) is 1. The van der Waals surface area contributed by atoms with Crippen molar-refractivity contribution >= 4 is 11.7 Å². The van der Waals surface area contributed by atoms with Crippen LogP contribution in [0.5, 0.6) is 0 Å². The first-order valence-electron chi connectivity index (χ1n) is 7.99. The maximum atomic E-state index is 12.4. The van der Waals surface area contributed by atoms with E-state index in [2.05, 4.69) is 20.4 Å². The van der Waals surface area contributed by atoms with Gasteiger partial charge in [0.25, 0.3) is 0 Å². The molecule has 6 nitrogen and oxygen atoms in total. The molecule has 1 aliphatic rings. The van der Waals surface area contributed by atoms with Gasteiger partial charge in [0.05, 0.1) is 11.6 Å². The van der Waals surface area contributed by atoms with Crippen LogP contribution in [-0.2, 0) is 11.3 Å². The van der Waals surface area contributed by atoms with Gasteiger partial charge < -0.3 is 9.84 Å². The second kappa shape index (κ2) is 6.91. The Balaban J connectivity index is 1.61. The summed E-state index contributed by atoms with van der Waals surface area (Å²) in [4.78, 5) is 18.9. The number of likely N-dealkylation sites (tertiary alicyclic amines) is 1. The molecule has 1 N–H and O–H groups in total. The molecule has 1 saturated heterocycles. The van der Waals surface area contributed by atoms with Gasteiger partial charge in [0.2, 0.25) is 5.91 Å². The average Bonchev–Trinajstić information content (AvgIpc) is 2.88. The minimum atomic E-state index is -0.00812. The zero-order chi connectivity index (χ0) is 16.2. The molecule has 0 bridgehead atoms.